The summed E-state index contributed by atoms with van der Waals surface area (Å²) in [4.78, 5) is 24.2. The van der Waals surface area contributed by atoms with Gasteiger partial charge in [-0.05, 0) is 68.0 Å². The highest BCUT2D eigenvalue weighted by Crippen LogP contribution is 2.28. The maximum absolute atomic E-state index is 12.7. The summed E-state index contributed by atoms with van der Waals surface area (Å²) >= 11 is 6.09. The van der Waals surface area contributed by atoms with Crippen molar-refractivity contribution in [1.82, 2.24) is 15.3 Å². The fraction of sp³-hybridized carbons (Fsp3) is 0.400. The largest absolute Gasteiger partial charge is 0.362 e. The predicted octanol–water partition coefficient (Wildman–Crippen LogP) is 4.94. The van der Waals surface area contributed by atoms with Gasteiger partial charge in [-0.1, -0.05) is 29.8 Å². The number of anilines is 2. The molecule has 0 spiro atoms. The van der Waals surface area contributed by atoms with Crippen LogP contribution in [0.25, 0.3) is 10.9 Å². The molecule has 32 heavy (non-hydrogen) atoms. The molecule has 0 unspecified atom stereocenters. The highest BCUT2D eigenvalue weighted by Gasteiger charge is 2.27. The summed E-state index contributed by atoms with van der Waals surface area (Å²) in [5.74, 6) is 1.72. The van der Waals surface area contributed by atoms with Gasteiger partial charge in [0.25, 0.3) is 0 Å². The maximum atomic E-state index is 12.7. The number of aryl methyl sites for hydroxylation is 1. The van der Waals surface area contributed by atoms with Gasteiger partial charge in [0.1, 0.15) is 5.82 Å². The summed E-state index contributed by atoms with van der Waals surface area (Å²) < 4.78 is 0. The van der Waals surface area contributed by atoms with Crippen molar-refractivity contribution >= 4 is 40.2 Å². The number of para-hydroxylation sites is 1. The molecule has 1 amide bonds. The molecule has 4 rings (SSSR count). The van der Waals surface area contributed by atoms with Gasteiger partial charge in [-0.15, -0.1) is 0 Å². The van der Waals surface area contributed by atoms with Crippen LogP contribution in [-0.2, 0) is 11.3 Å². The van der Waals surface area contributed by atoms with E-state index in [1.54, 1.807) is 0 Å². The van der Waals surface area contributed by atoms with E-state index in [9.17, 15) is 4.79 Å². The summed E-state index contributed by atoms with van der Waals surface area (Å²) in [7, 11) is 3.99. The third-order valence-corrected chi connectivity index (χ3v) is 6.44. The number of halogens is 1. The van der Waals surface area contributed by atoms with Crippen molar-refractivity contribution in [3.8, 4) is 0 Å². The summed E-state index contributed by atoms with van der Waals surface area (Å²) in [6.07, 6.45) is 3.54. The van der Waals surface area contributed by atoms with Gasteiger partial charge >= 0.3 is 0 Å². The van der Waals surface area contributed by atoms with E-state index in [0.29, 0.717) is 17.5 Å². The minimum atomic E-state index is 0.0439. The fourth-order valence-corrected chi connectivity index (χ4v) is 4.50. The fourth-order valence-electron chi connectivity index (χ4n) is 4.30. The molecule has 1 aliphatic carbocycles. The lowest BCUT2D eigenvalue weighted by Crippen LogP contribution is -2.36. The maximum Gasteiger partial charge on any atom is 0.225 e. The van der Waals surface area contributed by atoms with E-state index in [1.807, 2.05) is 68.4 Å². The van der Waals surface area contributed by atoms with Gasteiger partial charge < -0.3 is 15.5 Å². The first-order valence-electron chi connectivity index (χ1n) is 11.1. The molecule has 1 aliphatic rings. The van der Waals surface area contributed by atoms with Crippen LogP contribution in [0.15, 0.2) is 42.5 Å². The monoisotopic (exact) mass is 451 g/mol. The lowest BCUT2D eigenvalue weighted by atomic mass is 9.85. The lowest BCUT2D eigenvalue weighted by Gasteiger charge is -2.29. The Morgan fingerprint density at radius 3 is 2.59 bits per heavy atom. The van der Waals surface area contributed by atoms with Crippen LogP contribution in [0.4, 0.5) is 11.8 Å². The number of amides is 1. The van der Waals surface area contributed by atoms with Crippen LogP contribution in [-0.4, -0.2) is 36.0 Å². The van der Waals surface area contributed by atoms with Crippen LogP contribution < -0.4 is 15.5 Å². The second-order valence-electron chi connectivity index (χ2n) is 8.76. The van der Waals surface area contributed by atoms with E-state index in [4.69, 9.17) is 21.6 Å². The van der Waals surface area contributed by atoms with Crippen LogP contribution in [0.1, 0.15) is 36.8 Å². The van der Waals surface area contributed by atoms with Gasteiger partial charge in [0.2, 0.25) is 11.9 Å². The number of hydrogen-bond donors (Lipinski definition) is 2. The molecule has 1 saturated carbocycles. The van der Waals surface area contributed by atoms with E-state index in [1.165, 1.54) is 0 Å². The Morgan fingerprint density at radius 2 is 1.84 bits per heavy atom. The van der Waals surface area contributed by atoms with Crippen molar-refractivity contribution < 1.29 is 4.79 Å². The van der Waals surface area contributed by atoms with Gasteiger partial charge in [-0.2, -0.15) is 4.98 Å². The smallest absolute Gasteiger partial charge is 0.225 e. The van der Waals surface area contributed by atoms with Gasteiger partial charge in [-0.25, -0.2) is 4.98 Å². The van der Waals surface area contributed by atoms with Crippen LogP contribution in [0.5, 0.6) is 0 Å². The second-order valence-corrected chi connectivity index (χ2v) is 9.20. The standard InChI is InChI=1S/C25H30ClN5O/c1-16-8-11-19(26)14-18(16)15-27-24(32)17-9-12-20(13-10-17)28-25-29-22-7-5-4-6-21(22)23(30-25)31(2)3/h4-8,11,14,17,20H,9-10,12-13,15H2,1-3H3,(H,27,32)(H,28,29,30)/t17-,20+. The first kappa shape index (κ1) is 22.3. The number of nitrogens with zero attached hydrogens (tertiary/aromatic N) is 3. The number of benzene rings is 2. The zero-order chi connectivity index (χ0) is 22.7. The molecule has 168 valence electrons. The predicted molar refractivity (Wildman–Crippen MR) is 131 cm³/mol. The molecule has 1 heterocycles. The van der Waals surface area contributed by atoms with Gasteiger partial charge in [0.05, 0.1) is 5.52 Å². The normalized spacial score (nSPS) is 18.4. The average Bonchev–Trinajstić information content (AvgIpc) is 2.79. The number of hydrogen-bond acceptors (Lipinski definition) is 5. The highest BCUT2D eigenvalue weighted by molar-refractivity contribution is 6.30. The number of carbonyl (C=O) groups is 1. The van der Waals surface area contributed by atoms with Crippen LogP contribution in [0, 0.1) is 12.8 Å². The summed E-state index contributed by atoms with van der Waals surface area (Å²) in [5.41, 5.74) is 3.12. The van der Waals surface area contributed by atoms with Crippen LogP contribution in [0.3, 0.4) is 0 Å². The van der Waals surface area contributed by atoms with Crippen molar-refractivity contribution in [3.63, 3.8) is 0 Å². The number of rotatable bonds is 6. The second kappa shape index (κ2) is 9.74. The number of fused-ring (bicyclic) bond motifs is 1. The minimum Gasteiger partial charge on any atom is -0.362 e. The molecule has 0 radical (unpaired) electrons. The highest BCUT2D eigenvalue weighted by atomic mass is 35.5. The first-order valence-corrected chi connectivity index (χ1v) is 11.5. The Morgan fingerprint density at radius 1 is 1.09 bits per heavy atom. The van der Waals surface area contributed by atoms with Crippen LogP contribution in [0.2, 0.25) is 5.02 Å². The molecule has 6 nitrogen and oxygen atoms in total. The summed E-state index contributed by atoms with van der Waals surface area (Å²) in [6, 6.07) is 14.1. The molecule has 3 aromatic rings. The molecular formula is C25H30ClN5O. The number of nitrogens with one attached hydrogen (secondary N) is 2. The van der Waals surface area contributed by atoms with E-state index < -0.39 is 0 Å². The Hall–Kier alpha value is -2.86. The van der Waals surface area contributed by atoms with E-state index >= 15 is 0 Å². The molecular weight excluding hydrogens is 422 g/mol. The van der Waals surface area contributed by atoms with E-state index in [2.05, 4.69) is 10.6 Å². The molecule has 0 bridgehead atoms. The third kappa shape index (κ3) is 5.13. The topological polar surface area (TPSA) is 70.2 Å². The molecule has 1 fully saturated rings. The minimum absolute atomic E-state index is 0.0439. The van der Waals surface area contributed by atoms with E-state index in [0.717, 1.165) is 53.5 Å². The zero-order valence-corrected chi connectivity index (χ0v) is 19.6. The van der Waals surface area contributed by atoms with Crippen molar-refractivity contribution in [3.05, 3.63) is 58.6 Å². The quantitative estimate of drug-likeness (QED) is 0.555. The van der Waals surface area contributed by atoms with Crippen LogP contribution >= 0.6 is 11.6 Å². The Bertz CT molecular complexity index is 1110. The zero-order valence-electron chi connectivity index (χ0n) is 18.9. The molecule has 1 aromatic heterocycles. The van der Waals surface area contributed by atoms with Crippen molar-refractivity contribution in [2.24, 2.45) is 5.92 Å². The number of aromatic nitrogens is 2. The molecule has 0 saturated heterocycles. The Labute approximate surface area is 194 Å². The van der Waals surface area contributed by atoms with Crippen molar-refractivity contribution in [1.29, 1.82) is 0 Å². The van der Waals surface area contributed by atoms with Crippen molar-refractivity contribution in [2.45, 2.75) is 45.2 Å². The molecule has 7 heteroatoms. The average molecular weight is 452 g/mol. The molecule has 2 aromatic carbocycles. The summed E-state index contributed by atoms with van der Waals surface area (Å²) in [5, 5.41) is 8.33. The molecule has 0 aliphatic heterocycles. The Balaban J connectivity index is 1.34. The van der Waals surface area contributed by atoms with Gasteiger partial charge in [-0.3, -0.25) is 4.79 Å². The third-order valence-electron chi connectivity index (χ3n) is 6.20. The van der Waals surface area contributed by atoms with E-state index in [-0.39, 0.29) is 17.9 Å². The van der Waals surface area contributed by atoms with Crippen molar-refractivity contribution in [2.75, 3.05) is 24.3 Å². The Kier molecular flexibility index (Phi) is 6.80. The van der Waals surface area contributed by atoms with Gasteiger partial charge in [0, 0.05) is 43.0 Å². The molecule has 2 N–H and O–H groups in total. The molecule has 0 atom stereocenters. The summed E-state index contributed by atoms with van der Waals surface area (Å²) in [6.45, 7) is 2.55. The number of carbonyl (C=O) groups excluding carboxylic acids is 1. The van der Waals surface area contributed by atoms with Gasteiger partial charge in [0.15, 0.2) is 0 Å². The first-order chi connectivity index (χ1) is 15.4. The lowest BCUT2D eigenvalue weighted by molar-refractivity contribution is -0.126. The SMILES string of the molecule is Cc1ccc(Cl)cc1CNC(=O)[C@H]1CC[C@@H](Nc2nc(N(C)C)c3ccccc3n2)CC1.